The maximum atomic E-state index is 2.41. The van der Waals surface area contributed by atoms with E-state index in [0.29, 0.717) is 0 Å². The Morgan fingerprint density at radius 1 is 0.810 bits per heavy atom. The summed E-state index contributed by atoms with van der Waals surface area (Å²) in [5, 5.41) is 1.41. The zero-order chi connectivity index (χ0) is 11.9. The molecule has 1 nitrogen and oxygen atoms in total. The van der Waals surface area contributed by atoms with Crippen LogP contribution in [0.25, 0.3) is 16.6 Å². The van der Waals surface area contributed by atoms with Crippen molar-refractivity contribution in [2.24, 2.45) is 0 Å². The smallest absolute Gasteiger partial charge is 1.00 e. The molecule has 1 radical (unpaired) electrons. The average Bonchev–Trinajstić information content (AvgIpc) is 2.99. The molecule has 4 heteroatoms. The van der Waals surface area contributed by atoms with E-state index < -0.39 is 0 Å². The van der Waals surface area contributed by atoms with Crippen molar-refractivity contribution >= 4 is 10.9 Å². The molecule has 0 bridgehead atoms. The SMILES string of the molecule is [Cl-].[Cl-].[Ti+3].c1ccc(-n2c3c(c4ccccc42)C[CH-]C3)cc1. The van der Waals surface area contributed by atoms with Gasteiger partial charge in [-0.3, -0.25) is 0 Å². The first-order valence-corrected chi connectivity index (χ1v) is 6.43. The van der Waals surface area contributed by atoms with E-state index in [1.807, 2.05) is 0 Å². The third-order valence-corrected chi connectivity index (χ3v) is 3.79. The number of benzene rings is 2. The van der Waals surface area contributed by atoms with Gasteiger partial charge >= 0.3 is 21.7 Å². The Morgan fingerprint density at radius 2 is 1.48 bits per heavy atom. The van der Waals surface area contributed by atoms with Crippen molar-refractivity contribution in [3.63, 3.8) is 0 Å². The number of aromatic nitrogens is 1. The summed E-state index contributed by atoms with van der Waals surface area (Å²) in [5.41, 5.74) is 5.57. The Hall–Kier alpha value is -0.726. The monoisotopic (exact) mass is 350 g/mol. The normalized spacial score (nSPS) is 12.0. The zero-order valence-electron chi connectivity index (χ0n) is 11.4. The summed E-state index contributed by atoms with van der Waals surface area (Å²) in [5.74, 6) is 0. The zero-order valence-corrected chi connectivity index (χ0v) is 14.5. The van der Waals surface area contributed by atoms with Gasteiger partial charge in [0.1, 0.15) is 0 Å². The van der Waals surface area contributed by atoms with Crippen molar-refractivity contribution in [2.75, 3.05) is 0 Å². The first kappa shape index (κ1) is 18.3. The summed E-state index contributed by atoms with van der Waals surface area (Å²) in [6.07, 6.45) is 4.56. The maximum Gasteiger partial charge on any atom is 3.00 e. The third-order valence-electron chi connectivity index (χ3n) is 3.79. The first-order chi connectivity index (χ1) is 8.95. The van der Waals surface area contributed by atoms with E-state index in [-0.39, 0.29) is 46.5 Å². The second-order valence-corrected chi connectivity index (χ2v) is 4.81. The minimum atomic E-state index is 0. The first-order valence-electron chi connectivity index (χ1n) is 6.43. The number of fused-ring (bicyclic) bond motifs is 3. The molecule has 0 amide bonds. The van der Waals surface area contributed by atoms with E-state index >= 15 is 0 Å². The van der Waals surface area contributed by atoms with E-state index in [9.17, 15) is 0 Å². The summed E-state index contributed by atoms with van der Waals surface area (Å²) in [6, 6.07) is 19.4. The van der Waals surface area contributed by atoms with Gasteiger partial charge in [-0.05, 0) is 23.9 Å². The van der Waals surface area contributed by atoms with Gasteiger partial charge in [0.2, 0.25) is 0 Å². The van der Waals surface area contributed by atoms with E-state index in [1.165, 1.54) is 27.8 Å². The van der Waals surface area contributed by atoms with Crippen molar-refractivity contribution < 1.29 is 46.5 Å². The molecule has 105 valence electrons. The second-order valence-electron chi connectivity index (χ2n) is 4.81. The topological polar surface area (TPSA) is 4.93 Å². The van der Waals surface area contributed by atoms with Gasteiger partial charge in [-0.25, -0.2) is 0 Å². The van der Waals surface area contributed by atoms with Crippen LogP contribution in [0.2, 0.25) is 0 Å². The second kappa shape index (κ2) is 7.51. The molecule has 0 atom stereocenters. The van der Waals surface area contributed by atoms with Crippen molar-refractivity contribution in [1.29, 1.82) is 0 Å². The molecule has 21 heavy (non-hydrogen) atoms. The van der Waals surface area contributed by atoms with Gasteiger partial charge in [0.05, 0.1) is 5.52 Å². The van der Waals surface area contributed by atoms with Crippen LogP contribution in [0.15, 0.2) is 54.6 Å². The molecule has 1 aliphatic carbocycles. The molecule has 0 saturated heterocycles. The Kier molecular flexibility index (Phi) is 6.55. The largest absolute Gasteiger partial charge is 3.00 e. The molecule has 0 N–H and O–H groups in total. The van der Waals surface area contributed by atoms with Gasteiger partial charge < -0.3 is 35.8 Å². The molecule has 1 heterocycles. The number of hydrogen-bond acceptors (Lipinski definition) is 0. The van der Waals surface area contributed by atoms with Crippen LogP contribution >= 0.6 is 0 Å². The molecular formula is C17H14Cl2NTi. The van der Waals surface area contributed by atoms with Gasteiger partial charge in [0, 0.05) is 11.1 Å². The Morgan fingerprint density at radius 3 is 2.24 bits per heavy atom. The molecule has 0 unspecified atom stereocenters. The van der Waals surface area contributed by atoms with E-state index in [1.54, 1.807) is 0 Å². The van der Waals surface area contributed by atoms with E-state index in [4.69, 9.17) is 0 Å². The van der Waals surface area contributed by atoms with Crippen LogP contribution in [0, 0.1) is 6.42 Å². The molecule has 0 aliphatic heterocycles. The van der Waals surface area contributed by atoms with Crippen molar-refractivity contribution in [1.82, 2.24) is 4.57 Å². The standard InChI is InChI=1S/C17H14N.2ClH.Ti/c1-2-7-13(8-3-1)18-16-11-5-4-9-14(16)15-10-6-12-17(15)18;;;/h1-9,11H,10,12H2;2*1H;/q-1;;;+3/p-2. The van der Waals surface area contributed by atoms with Crippen LogP contribution in [0.1, 0.15) is 11.3 Å². The van der Waals surface area contributed by atoms with Crippen LogP contribution in [0.5, 0.6) is 0 Å². The summed E-state index contributed by atoms with van der Waals surface area (Å²) in [7, 11) is 0. The van der Waals surface area contributed by atoms with Crippen LogP contribution < -0.4 is 24.8 Å². The van der Waals surface area contributed by atoms with Crippen LogP contribution in [0.3, 0.4) is 0 Å². The summed E-state index contributed by atoms with van der Waals surface area (Å²) < 4.78 is 2.41. The molecule has 4 rings (SSSR count). The Labute approximate surface area is 152 Å². The predicted molar refractivity (Wildman–Crippen MR) is 75.0 cm³/mol. The van der Waals surface area contributed by atoms with Crippen molar-refractivity contribution in [2.45, 2.75) is 12.8 Å². The maximum absolute atomic E-state index is 2.41. The van der Waals surface area contributed by atoms with Gasteiger partial charge in [-0.2, -0.15) is 6.42 Å². The molecule has 3 aromatic rings. The third kappa shape index (κ3) is 2.93. The van der Waals surface area contributed by atoms with Gasteiger partial charge in [0.15, 0.2) is 0 Å². The summed E-state index contributed by atoms with van der Waals surface area (Å²) in [4.78, 5) is 0. The Balaban J connectivity index is 0.000000735. The average molecular weight is 351 g/mol. The Bertz CT molecular complexity index is 722. The number of nitrogens with zero attached hydrogens (tertiary/aromatic N) is 1. The molecule has 1 aliphatic rings. The minimum absolute atomic E-state index is 0. The quantitative estimate of drug-likeness (QED) is 0.351. The fourth-order valence-electron chi connectivity index (χ4n) is 3.03. The number of para-hydroxylation sites is 2. The van der Waals surface area contributed by atoms with Crippen molar-refractivity contribution in [3.8, 4) is 5.69 Å². The fraction of sp³-hybridized carbons (Fsp3) is 0.118. The molecule has 1 aromatic heterocycles. The molecule has 2 aromatic carbocycles. The fourth-order valence-corrected chi connectivity index (χ4v) is 3.03. The number of halogens is 2. The minimum Gasteiger partial charge on any atom is -1.00 e. The van der Waals surface area contributed by atoms with Crippen LogP contribution in [-0.2, 0) is 34.6 Å². The van der Waals surface area contributed by atoms with Gasteiger partial charge in [0.25, 0.3) is 0 Å². The van der Waals surface area contributed by atoms with Gasteiger partial charge in [-0.15, -0.1) is 6.42 Å². The molecule has 0 fully saturated rings. The van der Waals surface area contributed by atoms with Crippen LogP contribution in [-0.4, -0.2) is 4.57 Å². The summed E-state index contributed by atoms with van der Waals surface area (Å²) in [6.45, 7) is 0. The van der Waals surface area contributed by atoms with E-state index in [0.717, 1.165) is 12.8 Å². The molecule has 0 spiro atoms. The van der Waals surface area contributed by atoms with Gasteiger partial charge in [-0.1, -0.05) is 42.0 Å². The number of rotatable bonds is 1. The number of hydrogen-bond donors (Lipinski definition) is 0. The molecular weight excluding hydrogens is 337 g/mol. The van der Waals surface area contributed by atoms with E-state index in [2.05, 4.69) is 65.6 Å². The van der Waals surface area contributed by atoms with Crippen molar-refractivity contribution in [3.05, 3.63) is 72.3 Å². The molecule has 0 saturated carbocycles. The summed E-state index contributed by atoms with van der Waals surface area (Å²) >= 11 is 0. The predicted octanol–water partition coefficient (Wildman–Crippen LogP) is -2.06. The van der Waals surface area contributed by atoms with Crippen LogP contribution in [0.4, 0.5) is 0 Å².